The average molecular weight is 392 g/mol. The lowest BCUT2D eigenvalue weighted by Gasteiger charge is -1.97. The van der Waals surface area contributed by atoms with Crippen molar-refractivity contribution >= 4 is 56.7 Å². The topological polar surface area (TPSA) is 41.8 Å². The second-order valence-electron chi connectivity index (χ2n) is 4.15. The highest BCUT2D eigenvalue weighted by Crippen LogP contribution is 2.23. The quantitative estimate of drug-likeness (QED) is 0.267. The number of aromatic nitrogens is 1. The Balaban J connectivity index is 0.000000155. The number of benzene rings is 2. The van der Waals surface area contributed by atoms with E-state index in [2.05, 4.69) is 33.5 Å². The molecule has 2 nitrogen and oxygen atoms in total. The first-order valence-corrected chi connectivity index (χ1v) is 7.36. The number of rotatable bonds is 0. The molecular formula is C14H10BrClF2N2S. The third-order valence-corrected chi connectivity index (χ3v) is 3.87. The molecule has 0 aliphatic heterocycles. The van der Waals surface area contributed by atoms with E-state index in [0.717, 1.165) is 33.0 Å². The zero-order valence-electron chi connectivity index (χ0n) is 10.5. The van der Waals surface area contributed by atoms with Crippen molar-refractivity contribution in [3.8, 4) is 0 Å². The van der Waals surface area contributed by atoms with E-state index >= 15 is 0 Å². The Morgan fingerprint density at radius 2 is 1.86 bits per heavy atom. The van der Waals surface area contributed by atoms with Gasteiger partial charge in [-0.3, -0.25) is 0 Å². The summed E-state index contributed by atoms with van der Waals surface area (Å²) in [5, 5.41) is 1.85. The highest BCUT2D eigenvalue weighted by molar-refractivity contribution is 9.10. The van der Waals surface area contributed by atoms with Gasteiger partial charge in [0.05, 0.1) is 10.2 Å². The van der Waals surface area contributed by atoms with Crippen molar-refractivity contribution in [1.82, 2.24) is 4.98 Å². The number of H-pyrrole nitrogens is 1. The van der Waals surface area contributed by atoms with Gasteiger partial charge in [0.15, 0.2) is 0 Å². The Labute approximate surface area is 138 Å². The molecule has 21 heavy (non-hydrogen) atoms. The fourth-order valence-corrected chi connectivity index (χ4v) is 2.37. The molecule has 0 spiro atoms. The largest absolute Gasteiger partial charge is 0.396 e. The molecule has 2 aromatic carbocycles. The number of fused-ring (bicyclic) bond motifs is 1. The average Bonchev–Trinajstić information content (AvgIpc) is 2.78. The van der Waals surface area contributed by atoms with E-state index in [1.807, 2.05) is 24.4 Å². The molecule has 0 saturated carbocycles. The van der Waals surface area contributed by atoms with Gasteiger partial charge >= 0.3 is 0 Å². The van der Waals surface area contributed by atoms with Crippen LogP contribution in [0.2, 0.25) is 5.02 Å². The van der Waals surface area contributed by atoms with E-state index in [4.69, 9.17) is 17.3 Å². The molecule has 0 amide bonds. The third kappa shape index (κ3) is 3.90. The summed E-state index contributed by atoms with van der Waals surface area (Å²) in [5.74, 6) is -1.17. The fourth-order valence-electron chi connectivity index (χ4n) is 1.62. The molecule has 0 bridgehead atoms. The molecule has 3 N–H and O–H groups in total. The first-order chi connectivity index (χ1) is 9.88. The van der Waals surface area contributed by atoms with E-state index in [9.17, 15) is 8.78 Å². The highest BCUT2D eigenvalue weighted by atomic mass is 79.9. The van der Waals surface area contributed by atoms with Crippen LogP contribution in [-0.4, -0.2) is 4.98 Å². The van der Waals surface area contributed by atoms with Crippen LogP contribution < -0.4 is 5.73 Å². The second kappa shape index (κ2) is 6.68. The number of anilines is 1. The lowest BCUT2D eigenvalue weighted by atomic mass is 10.2. The van der Waals surface area contributed by atoms with Crippen LogP contribution in [0.1, 0.15) is 0 Å². The smallest absolute Gasteiger partial charge is 0.147 e. The van der Waals surface area contributed by atoms with Crippen molar-refractivity contribution in [3.63, 3.8) is 0 Å². The van der Waals surface area contributed by atoms with E-state index < -0.39 is 11.6 Å². The first-order valence-electron chi connectivity index (χ1n) is 5.74. The van der Waals surface area contributed by atoms with Crippen molar-refractivity contribution < 1.29 is 8.78 Å². The molecule has 3 rings (SSSR count). The number of thiol groups is 1. The molecule has 0 radical (unpaired) electrons. The van der Waals surface area contributed by atoms with Gasteiger partial charge in [0.2, 0.25) is 0 Å². The number of aromatic amines is 1. The summed E-state index contributed by atoms with van der Waals surface area (Å²) in [7, 11) is 0. The Bertz CT molecular complexity index is 742. The first kappa shape index (κ1) is 16.1. The van der Waals surface area contributed by atoms with Crippen LogP contribution in [0.15, 0.2) is 45.9 Å². The van der Waals surface area contributed by atoms with Gasteiger partial charge < -0.3 is 10.7 Å². The maximum absolute atomic E-state index is 12.5. The molecule has 7 heteroatoms. The molecule has 0 atom stereocenters. The van der Waals surface area contributed by atoms with E-state index in [1.54, 1.807) is 0 Å². The minimum Gasteiger partial charge on any atom is -0.396 e. The molecular weight excluding hydrogens is 382 g/mol. The van der Waals surface area contributed by atoms with Gasteiger partial charge in [-0.2, -0.15) is 0 Å². The summed E-state index contributed by atoms with van der Waals surface area (Å²) in [4.78, 5) is 4.02. The van der Waals surface area contributed by atoms with Crippen molar-refractivity contribution in [2.75, 3.05) is 5.73 Å². The van der Waals surface area contributed by atoms with Crippen LogP contribution in [0.25, 0.3) is 10.9 Å². The Hall–Kier alpha value is -1.24. The monoisotopic (exact) mass is 390 g/mol. The summed E-state index contributed by atoms with van der Waals surface area (Å²) < 4.78 is 25.0. The van der Waals surface area contributed by atoms with E-state index in [-0.39, 0.29) is 10.2 Å². The summed E-state index contributed by atoms with van der Waals surface area (Å²) in [6, 6.07) is 7.62. The lowest BCUT2D eigenvalue weighted by molar-refractivity contribution is 0.598. The predicted octanol–water partition coefficient (Wildman–Crippen LogP) is 5.42. The predicted molar refractivity (Wildman–Crippen MR) is 89.0 cm³/mol. The van der Waals surface area contributed by atoms with Gasteiger partial charge in [-0.1, -0.05) is 17.7 Å². The number of halogens is 4. The number of nitrogen functional groups attached to an aromatic ring is 1. The molecule has 1 aromatic heterocycles. The molecule has 0 aliphatic carbocycles. The molecule has 0 aliphatic rings. The van der Waals surface area contributed by atoms with Crippen LogP contribution in [0.3, 0.4) is 0 Å². The van der Waals surface area contributed by atoms with Crippen molar-refractivity contribution in [1.29, 1.82) is 0 Å². The van der Waals surface area contributed by atoms with E-state index in [1.165, 1.54) is 0 Å². The summed E-state index contributed by atoms with van der Waals surface area (Å²) in [6.07, 6.45) is 1.85. The van der Waals surface area contributed by atoms with Gasteiger partial charge in [-0.05, 0) is 34.1 Å². The summed E-state index contributed by atoms with van der Waals surface area (Å²) in [5.41, 5.74) is 5.90. The molecule has 3 aromatic rings. The van der Waals surface area contributed by atoms with Gasteiger partial charge in [0, 0.05) is 33.1 Å². The second-order valence-corrected chi connectivity index (χ2v) is 5.92. The molecule has 0 unspecified atom stereocenters. The fraction of sp³-hybridized carbons (Fsp3) is 0. The van der Waals surface area contributed by atoms with Crippen molar-refractivity contribution in [2.24, 2.45) is 0 Å². The van der Waals surface area contributed by atoms with Crippen LogP contribution in [0.5, 0.6) is 0 Å². The Kier molecular flexibility index (Phi) is 5.13. The Morgan fingerprint density at radius 3 is 2.52 bits per heavy atom. The number of hydrogen-bond acceptors (Lipinski definition) is 2. The number of nitrogens with two attached hydrogens (primary N) is 1. The standard InChI is InChI=1S/C8H6ClNS.C6H4BrF2N/c9-5-1-2-6-7(3-5)10-4-8(6)11;7-3-1-5(9)6(10)2-4(3)8/h1-4,10-11H;1-2H,10H2. The SMILES string of the molecule is Nc1cc(F)c(Br)cc1F.Sc1c[nH]c2cc(Cl)ccc12. The minimum absolute atomic E-state index is 0.0826. The van der Waals surface area contributed by atoms with Crippen molar-refractivity contribution in [2.45, 2.75) is 4.90 Å². The number of hydrogen-bond donors (Lipinski definition) is 3. The van der Waals surface area contributed by atoms with Crippen LogP contribution in [0.4, 0.5) is 14.5 Å². The highest BCUT2D eigenvalue weighted by Gasteiger charge is 2.03. The molecule has 0 saturated heterocycles. The van der Waals surface area contributed by atoms with E-state index in [0.29, 0.717) is 0 Å². The van der Waals surface area contributed by atoms with Crippen LogP contribution >= 0.6 is 40.2 Å². The molecule has 1 heterocycles. The molecule has 0 fully saturated rings. The third-order valence-electron chi connectivity index (χ3n) is 2.66. The van der Waals surface area contributed by atoms with Gasteiger partial charge in [0.1, 0.15) is 11.6 Å². The van der Waals surface area contributed by atoms with Gasteiger partial charge in [-0.15, -0.1) is 12.6 Å². The maximum atomic E-state index is 12.5. The zero-order chi connectivity index (χ0) is 15.6. The zero-order valence-corrected chi connectivity index (χ0v) is 13.7. The Morgan fingerprint density at radius 1 is 1.14 bits per heavy atom. The maximum Gasteiger partial charge on any atom is 0.147 e. The normalized spacial score (nSPS) is 10.3. The van der Waals surface area contributed by atoms with Crippen LogP contribution in [0, 0.1) is 11.6 Å². The molecule has 110 valence electrons. The van der Waals surface area contributed by atoms with Crippen molar-refractivity contribution in [3.05, 3.63) is 57.7 Å². The summed E-state index contributed by atoms with van der Waals surface area (Å²) >= 11 is 12.9. The minimum atomic E-state index is -0.617. The number of nitrogens with one attached hydrogen (secondary N) is 1. The van der Waals surface area contributed by atoms with Gasteiger partial charge in [-0.25, -0.2) is 8.78 Å². The summed E-state index contributed by atoms with van der Waals surface area (Å²) in [6.45, 7) is 0. The van der Waals surface area contributed by atoms with Gasteiger partial charge in [0.25, 0.3) is 0 Å². The lowest BCUT2D eigenvalue weighted by Crippen LogP contribution is -1.91. The van der Waals surface area contributed by atoms with Crippen LogP contribution in [-0.2, 0) is 0 Å².